The van der Waals surface area contributed by atoms with E-state index in [4.69, 9.17) is 0 Å². The summed E-state index contributed by atoms with van der Waals surface area (Å²) in [5.41, 5.74) is 2.52. The molecule has 1 aliphatic heterocycles. The highest BCUT2D eigenvalue weighted by molar-refractivity contribution is 5.32. The van der Waals surface area contributed by atoms with Gasteiger partial charge in [-0.3, -0.25) is 4.90 Å². The first-order valence-electron chi connectivity index (χ1n) is 11.1. The molecule has 0 radical (unpaired) electrons. The summed E-state index contributed by atoms with van der Waals surface area (Å²) < 4.78 is 0. The summed E-state index contributed by atoms with van der Waals surface area (Å²) >= 11 is 0. The van der Waals surface area contributed by atoms with Crippen LogP contribution in [0.5, 0.6) is 5.75 Å². The third-order valence-electron chi connectivity index (χ3n) is 7.36. The normalized spacial score (nSPS) is 29.0. The zero-order valence-corrected chi connectivity index (χ0v) is 18.5. The standard InChI is InChI=1S/C26H35NO3/c1-17(24(29)18-5-11-23(28)12-6-18)27-15-19-13-26(30,14-20(19)16-27)22-9-7-21(8-10-22)25(2,3)4/h5-12,17,19-20,24,28-30H,13-16H2,1-4H3/t17?,19-,20+,24?,26?. The quantitative estimate of drug-likeness (QED) is 0.703. The minimum atomic E-state index is -0.739. The van der Waals surface area contributed by atoms with Gasteiger partial charge in [-0.1, -0.05) is 57.2 Å². The lowest BCUT2D eigenvalue weighted by Gasteiger charge is -2.32. The number of hydrogen-bond donors (Lipinski definition) is 3. The van der Waals surface area contributed by atoms with Gasteiger partial charge < -0.3 is 15.3 Å². The number of aliphatic hydroxyl groups is 2. The third-order valence-corrected chi connectivity index (χ3v) is 7.36. The predicted molar refractivity (Wildman–Crippen MR) is 119 cm³/mol. The molecule has 1 heterocycles. The summed E-state index contributed by atoms with van der Waals surface area (Å²) in [6, 6.07) is 15.3. The molecule has 2 aliphatic rings. The van der Waals surface area contributed by atoms with Crippen molar-refractivity contribution in [3.05, 3.63) is 65.2 Å². The lowest BCUT2D eigenvalue weighted by molar-refractivity contribution is 0.0211. The third kappa shape index (κ3) is 4.01. The molecule has 1 aliphatic carbocycles. The van der Waals surface area contributed by atoms with Crippen molar-refractivity contribution in [2.24, 2.45) is 11.8 Å². The molecule has 0 amide bonds. The summed E-state index contributed by atoms with van der Waals surface area (Å²) in [5, 5.41) is 31.7. The largest absolute Gasteiger partial charge is 0.508 e. The molecule has 0 aromatic heterocycles. The summed E-state index contributed by atoms with van der Waals surface area (Å²) in [4.78, 5) is 2.36. The van der Waals surface area contributed by atoms with E-state index in [0.29, 0.717) is 11.8 Å². The first-order valence-corrected chi connectivity index (χ1v) is 11.1. The number of phenols is 1. The van der Waals surface area contributed by atoms with Crippen LogP contribution in [0.15, 0.2) is 48.5 Å². The van der Waals surface area contributed by atoms with Gasteiger partial charge in [-0.25, -0.2) is 0 Å². The molecule has 1 saturated carbocycles. The number of rotatable bonds is 4. The topological polar surface area (TPSA) is 63.9 Å². The van der Waals surface area contributed by atoms with Gasteiger partial charge in [0.25, 0.3) is 0 Å². The number of phenolic OH excluding ortho intramolecular Hbond substituents is 1. The van der Waals surface area contributed by atoms with Crippen LogP contribution in [0.4, 0.5) is 0 Å². The number of nitrogens with zero attached hydrogens (tertiary/aromatic N) is 1. The van der Waals surface area contributed by atoms with Gasteiger partial charge in [-0.15, -0.1) is 0 Å². The van der Waals surface area contributed by atoms with Crippen molar-refractivity contribution in [3.8, 4) is 5.75 Å². The molecular weight excluding hydrogens is 374 g/mol. The maximum absolute atomic E-state index is 11.4. The Labute approximate surface area is 180 Å². The first kappa shape index (κ1) is 21.4. The van der Waals surface area contributed by atoms with Crippen LogP contribution in [0.3, 0.4) is 0 Å². The van der Waals surface area contributed by atoms with Crippen molar-refractivity contribution >= 4 is 0 Å². The summed E-state index contributed by atoms with van der Waals surface area (Å²) in [6.07, 6.45) is 0.976. The highest BCUT2D eigenvalue weighted by atomic mass is 16.3. The van der Waals surface area contributed by atoms with E-state index in [0.717, 1.165) is 37.1 Å². The molecule has 3 unspecified atom stereocenters. The number of aromatic hydroxyl groups is 1. The second-order valence-corrected chi connectivity index (χ2v) is 10.5. The SMILES string of the molecule is CC(C(O)c1ccc(O)cc1)N1C[C@@H]2CC(O)(c3ccc(C(C)(C)C)cc3)C[C@@H]2C1. The molecule has 4 rings (SSSR count). The molecule has 4 heteroatoms. The average molecular weight is 410 g/mol. The van der Waals surface area contributed by atoms with Crippen molar-refractivity contribution in [2.45, 2.75) is 63.7 Å². The minimum absolute atomic E-state index is 0.000644. The summed E-state index contributed by atoms with van der Waals surface area (Å²) in [7, 11) is 0. The van der Waals surface area contributed by atoms with Gasteiger partial charge in [-0.05, 0) is 65.8 Å². The molecule has 5 atom stereocenters. The van der Waals surface area contributed by atoms with Gasteiger partial charge in [0.2, 0.25) is 0 Å². The van der Waals surface area contributed by atoms with Crippen molar-refractivity contribution in [3.63, 3.8) is 0 Å². The fourth-order valence-electron chi connectivity index (χ4n) is 5.39. The molecule has 0 spiro atoms. The molecule has 30 heavy (non-hydrogen) atoms. The molecule has 2 aromatic carbocycles. The Morgan fingerprint density at radius 3 is 1.97 bits per heavy atom. The fourth-order valence-corrected chi connectivity index (χ4v) is 5.39. The molecule has 0 bridgehead atoms. The molecule has 2 aromatic rings. The second-order valence-electron chi connectivity index (χ2n) is 10.5. The number of benzene rings is 2. The summed E-state index contributed by atoms with van der Waals surface area (Å²) in [6.45, 7) is 10.5. The lowest BCUT2D eigenvalue weighted by atomic mass is 9.84. The Hall–Kier alpha value is -1.88. The lowest BCUT2D eigenvalue weighted by Crippen LogP contribution is -2.37. The summed E-state index contributed by atoms with van der Waals surface area (Å²) in [5.74, 6) is 1.11. The van der Waals surface area contributed by atoms with Crippen LogP contribution in [0, 0.1) is 11.8 Å². The molecule has 2 fully saturated rings. The van der Waals surface area contributed by atoms with E-state index >= 15 is 0 Å². The Morgan fingerprint density at radius 1 is 0.933 bits per heavy atom. The Kier molecular flexibility index (Phi) is 5.46. The first-order chi connectivity index (χ1) is 14.1. The van der Waals surface area contributed by atoms with E-state index in [1.807, 2.05) is 0 Å². The predicted octanol–water partition coefficient (Wildman–Crippen LogP) is 4.34. The van der Waals surface area contributed by atoms with Crippen LogP contribution in [0.2, 0.25) is 0 Å². The maximum atomic E-state index is 11.4. The minimum Gasteiger partial charge on any atom is -0.508 e. The van der Waals surface area contributed by atoms with Crippen LogP contribution in [0.1, 0.15) is 63.3 Å². The van der Waals surface area contributed by atoms with E-state index in [9.17, 15) is 15.3 Å². The number of aliphatic hydroxyl groups excluding tert-OH is 1. The van der Waals surface area contributed by atoms with Crippen molar-refractivity contribution in [1.29, 1.82) is 0 Å². The van der Waals surface area contributed by atoms with E-state index in [1.165, 1.54) is 5.56 Å². The van der Waals surface area contributed by atoms with Gasteiger partial charge in [-0.2, -0.15) is 0 Å². The van der Waals surface area contributed by atoms with Gasteiger partial charge in [0.05, 0.1) is 11.7 Å². The molecule has 1 saturated heterocycles. The maximum Gasteiger partial charge on any atom is 0.115 e. The van der Waals surface area contributed by atoms with Gasteiger partial charge in [0, 0.05) is 19.1 Å². The smallest absolute Gasteiger partial charge is 0.115 e. The van der Waals surface area contributed by atoms with Crippen molar-refractivity contribution in [1.82, 2.24) is 4.90 Å². The van der Waals surface area contributed by atoms with Crippen LogP contribution in [-0.2, 0) is 11.0 Å². The Balaban J connectivity index is 1.41. The van der Waals surface area contributed by atoms with E-state index in [1.54, 1.807) is 24.3 Å². The van der Waals surface area contributed by atoms with Gasteiger partial charge >= 0.3 is 0 Å². The zero-order valence-electron chi connectivity index (χ0n) is 18.5. The Bertz CT molecular complexity index is 855. The van der Waals surface area contributed by atoms with E-state index in [-0.39, 0.29) is 17.2 Å². The Morgan fingerprint density at radius 2 is 1.47 bits per heavy atom. The molecule has 3 N–H and O–H groups in total. The van der Waals surface area contributed by atoms with E-state index < -0.39 is 11.7 Å². The molecule has 162 valence electrons. The molecular formula is C26H35NO3. The fraction of sp³-hybridized carbons (Fsp3) is 0.538. The van der Waals surface area contributed by atoms with Crippen LogP contribution in [-0.4, -0.2) is 39.4 Å². The van der Waals surface area contributed by atoms with Gasteiger partial charge in [0.15, 0.2) is 0 Å². The number of hydrogen-bond acceptors (Lipinski definition) is 4. The second kappa shape index (κ2) is 7.67. The highest BCUT2D eigenvalue weighted by Crippen LogP contribution is 2.50. The number of fused-ring (bicyclic) bond motifs is 1. The number of likely N-dealkylation sites (tertiary alicyclic amines) is 1. The van der Waals surface area contributed by atoms with Gasteiger partial charge in [0.1, 0.15) is 5.75 Å². The van der Waals surface area contributed by atoms with Crippen molar-refractivity contribution < 1.29 is 15.3 Å². The van der Waals surface area contributed by atoms with Crippen molar-refractivity contribution in [2.75, 3.05) is 13.1 Å². The average Bonchev–Trinajstić information content (AvgIpc) is 3.22. The van der Waals surface area contributed by atoms with Crippen LogP contribution < -0.4 is 0 Å². The molecule has 4 nitrogen and oxygen atoms in total. The monoisotopic (exact) mass is 409 g/mol. The van der Waals surface area contributed by atoms with E-state index in [2.05, 4.69) is 56.9 Å². The van der Waals surface area contributed by atoms with Crippen LogP contribution >= 0.6 is 0 Å². The zero-order chi connectivity index (χ0) is 21.7. The van der Waals surface area contributed by atoms with Crippen LogP contribution in [0.25, 0.3) is 0 Å². The highest BCUT2D eigenvalue weighted by Gasteiger charge is 2.50.